The second-order valence-corrected chi connectivity index (χ2v) is 4.69. The zero-order valence-electron chi connectivity index (χ0n) is 9.73. The van der Waals surface area contributed by atoms with E-state index in [9.17, 15) is 4.39 Å². The van der Waals surface area contributed by atoms with Crippen molar-refractivity contribution in [2.45, 2.75) is 6.92 Å². The third-order valence-corrected chi connectivity index (χ3v) is 3.42. The lowest BCUT2D eigenvalue weighted by Crippen LogP contribution is -2.00. The molecule has 3 aromatic rings. The quantitative estimate of drug-likeness (QED) is 0.645. The number of nitrogens with zero attached hydrogens (tertiary/aromatic N) is 4. The summed E-state index contributed by atoms with van der Waals surface area (Å²) in [6, 6.07) is 4.74. The van der Waals surface area contributed by atoms with Crippen LogP contribution >= 0.6 is 23.2 Å². The highest BCUT2D eigenvalue weighted by Gasteiger charge is 2.20. The summed E-state index contributed by atoms with van der Waals surface area (Å²) in [5, 5.41) is 4.21. The summed E-state index contributed by atoms with van der Waals surface area (Å²) in [6.07, 6.45) is 1.31. The van der Waals surface area contributed by atoms with Gasteiger partial charge in [-0.25, -0.2) is 4.39 Å². The minimum absolute atomic E-state index is 0.0960. The lowest BCUT2D eigenvalue weighted by Gasteiger charge is -2.11. The fourth-order valence-corrected chi connectivity index (χ4v) is 2.55. The number of rotatable bonds is 1. The highest BCUT2D eigenvalue weighted by atomic mass is 35.5. The predicted molar refractivity (Wildman–Crippen MR) is 70.9 cm³/mol. The molecule has 0 radical (unpaired) electrons. The highest BCUT2D eigenvalue weighted by molar-refractivity contribution is 6.38. The van der Waals surface area contributed by atoms with Crippen LogP contribution in [-0.2, 0) is 0 Å². The van der Waals surface area contributed by atoms with Crippen molar-refractivity contribution in [3.05, 3.63) is 46.2 Å². The van der Waals surface area contributed by atoms with Crippen LogP contribution in [0.2, 0.25) is 10.3 Å². The largest absolute Gasteiger partial charge is 0.255 e. The molecule has 2 heterocycles. The SMILES string of the molecule is Cc1cccc(F)c1-c1c(Cl)nc2ncnn2c1Cl. The van der Waals surface area contributed by atoms with Crippen LogP contribution in [0.4, 0.5) is 4.39 Å². The summed E-state index contributed by atoms with van der Waals surface area (Å²) in [6.45, 7) is 1.77. The molecular weight excluding hydrogens is 290 g/mol. The number of aromatic nitrogens is 4. The van der Waals surface area contributed by atoms with Gasteiger partial charge in [-0.15, -0.1) is 0 Å². The van der Waals surface area contributed by atoms with Gasteiger partial charge in [0.25, 0.3) is 5.78 Å². The van der Waals surface area contributed by atoms with E-state index in [0.717, 1.165) is 0 Å². The van der Waals surface area contributed by atoms with Gasteiger partial charge in [-0.2, -0.15) is 19.6 Å². The first kappa shape index (κ1) is 12.3. The Kier molecular flexibility index (Phi) is 2.88. The molecule has 7 heteroatoms. The maximum absolute atomic E-state index is 14.0. The van der Waals surface area contributed by atoms with E-state index in [1.54, 1.807) is 19.1 Å². The normalized spacial score (nSPS) is 11.2. The Labute approximate surface area is 117 Å². The first-order valence-electron chi connectivity index (χ1n) is 5.40. The molecule has 2 aromatic heterocycles. The number of aryl methyl sites for hydroxylation is 1. The molecule has 0 saturated heterocycles. The van der Waals surface area contributed by atoms with E-state index in [2.05, 4.69) is 15.1 Å². The Hall–Kier alpha value is -1.72. The molecule has 1 aromatic carbocycles. The van der Waals surface area contributed by atoms with Crippen LogP contribution in [0.3, 0.4) is 0 Å². The lowest BCUT2D eigenvalue weighted by molar-refractivity contribution is 0.630. The van der Waals surface area contributed by atoms with Crippen molar-refractivity contribution in [1.29, 1.82) is 0 Å². The van der Waals surface area contributed by atoms with Crippen LogP contribution < -0.4 is 0 Å². The van der Waals surface area contributed by atoms with Crippen molar-refractivity contribution < 1.29 is 4.39 Å². The minimum atomic E-state index is -0.412. The number of hydrogen-bond acceptors (Lipinski definition) is 3. The summed E-state index contributed by atoms with van der Waals surface area (Å²) >= 11 is 12.3. The zero-order chi connectivity index (χ0) is 13.6. The number of benzene rings is 1. The summed E-state index contributed by atoms with van der Waals surface area (Å²) in [5.41, 5.74) is 1.35. The maximum atomic E-state index is 14.0. The molecule has 0 atom stereocenters. The standard InChI is InChI=1S/C12H7Cl2FN4/c1-6-3-2-4-7(15)8(6)9-10(13)18-12-16-5-17-19(12)11(9)14/h2-5H,1H3. The fourth-order valence-electron chi connectivity index (χ4n) is 1.94. The molecule has 0 saturated carbocycles. The molecule has 3 rings (SSSR count). The Morgan fingerprint density at radius 2 is 2.00 bits per heavy atom. The van der Waals surface area contributed by atoms with Crippen molar-refractivity contribution in [2.75, 3.05) is 0 Å². The molecule has 0 fully saturated rings. The van der Waals surface area contributed by atoms with Crippen molar-refractivity contribution in [3.8, 4) is 11.1 Å². The Morgan fingerprint density at radius 1 is 1.21 bits per heavy atom. The number of fused-ring (bicyclic) bond motifs is 1. The molecule has 96 valence electrons. The molecule has 0 aliphatic rings. The van der Waals surface area contributed by atoms with Crippen molar-refractivity contribution >= 4 is 29.0 Å². The summed E-state index contributed by atoms with van der Waals surface area (Å²) in [5.74, 6) is -0.141. The van der Waals surface area contributed by atoms with Crippen molar-refractivity contribution in [2.24, 2.45) is 0 Å². The van der Waals surface area contributed by atoms with Gasteiger partial charge in [-0.1, -0.05) is 35.3 Å². The highest BCUT2D eigenvalue weighted by Crippen LogP contribution is 2.36. The van der Waals surface area contributed by atoms with E-state index in [1.165, 1.54) is 16.9 Å². The average molecular weight is 297 g/mol. The van der Waals surface area contributed by atoms with Crippen LogP contribution in [0.25, 0.3) is 16.9 Å². The van der Waals surface area contributed by atoms with Gasteiger partial charge >= 0.3 is 0 Å². The second kappa shape index (κ2) is 4.43. The number of halogens is 3. The maximum Gasteiger partial charge on any atom is 0.255 e. The Morgan fingerprint density at radius 3 is 2.74 bits per heavy atom. The van der Waals surface area contributed by atoms with Crippen molar-refractivity contribution in [1.82, 2.24) is 19.6 Å². The topological polar surface area (TPSA) is 43.1 Å². The van der Waals surface area contributed by atoms with Gasteiger partial charge in [-0.05, 0) is 18.6 Å². The Bertz CT molecular complexity index is 764. The zero-order valence-corrected chi connectivity index (χ0v) is 11.2. The summed E-state index contributed by atoms with van der Waals surface area (Å²) < 4.78 is 15.3. The number of hydrogen-bond donors (Lipinski definition) is 0. The van der Waals surface area contributed by atoms with E-state index in [4.69, 9.17) is 23.2 Å². The smallest absolute Gasteiger partial charge is 0.206 e. The third kappa shape index (κ3) is 1.86. The van der Waals surface area contributed by atoms with Gasteiger partial charge in [-0.3, -0.25) is 0 Å². The Balaban J connectivity index is 2.42. The van der Waals surface area contributed by atoms with Gasteiger partial charge < -0.3 is 0 Å². The lowest BCUT2D eigenvalue weighted by atomic mass is 10.0. The van der Waals surface area contributed by atoms with Gasteiger partial charge in [0.05, 0.1) is 5.56 Å². The van der Waals surface area contributed by atoms with Crippen LogP contribution in [0.5, 0.6) is 0 Å². The molecule has 0 aliphatic heterocycles. The van der Waals surface area contributed by atoms with Gasteiger partial charge in [0.15, 0.2) is 0 Å². The molecule has 0 bridgehead atoms. The molecule has 0 spiro atoms. The second-order valence-electron chi connectivity index (χ2n) is 3.97. The van der Waals surface area contributed by atoms with Crippen LogP contribution in [0.1, 0.15) is 5.56 Å². The third-order valence-electron chi connectivity index (χ3n) is 2.80. The van der Waals surface area contributed by atoms with Crippen LogP contribution in [-0.4, -0.2) is 19.6 Å². The molecule has 0 unspecified atom stereocenters. The molecular formula is C12H7Cl2FN4. The molecule has 0 amide bonds. The molecule has 4 nitrogen and oxygen atoms in total. The van der Waals surface area contributed by atoms with E-state index < -0.39 is 5.82 Å². The fraction of sp³-hybridized carbons (Fsp3) is 0.0833. The van der Waals surface area contributed by atoms with Crippen LogP contribution in [0, 0.1) is 12.7 Å². The van der Waals surface area contributed by atoms with E-state index in [0.29, 0.717) is 16.7 Å². The first-order valence-corrected chi connectivity index (χ1v) is 6.15. The van der Waals surface area contributed by atoms with Gasteiger partial charge in [0, 0.05) is 5.56 Å². The molecule has 0 N–H and O–H groups in total. The van der Waals surface area contributed by atoms with E-state index >= 15 is 0 Å². The molecule has 0 aliphatic carbocycles. The van der Waals surface area contributed by atoms with Gasteiger partial charge in [0.2, 0.25) is 0 Å². The van der Waals surface area contributed by atoms with Gasteiger partial charge in [0.1, 0.15) is 22.5 Å². The summed E-state index contributed by atoms with van der Waals surface area (Å²) in [7, 11) is 0. The van der Waals surface area contributed by atoms with E-state index in [-0.39, 0.29) is 16.1 Å². The first-order chi connectivity index (χ1) is 9.09. The summed E-state index contributed by atoms with van der Waals surface area (Å²) in [4.78, 5) is 7.96. The van der Waals surface area contributed by atoms with E-state index in [1.807, 2.05) is 0 Å². The monoisotopic (exact) mass is 296 g/mol. The van der Waals surface area contributed by atoms with Crippen molar-refractivity contribution in [3.63, 3.8) is 0 Å². The predicted octanol–water partition coefficient (Wildman–Crippen LogP) is 3.55. The molecule has 19 heavy (non-hydrogen) atoms. The average Bonchev–Trinajstić information content (AvgIpc) is 2.81. The van der Waals surface area contributed by atoms with Crippen LogP contribution in [0.15, 0.2) is 24.5 Å². The minimum Gasteiger partial charge on any atom is -0.206 e.